The van der Waals surface area contributed by atoms with Crippen molar-refractivity contribution in [1.82, 2.24) is 19.7 Å². The van der Waals surface area contributed by atoms with Crippen LogP contribution in [0.5, 0.6) is 0 Å². The SMILES string of the molecule is O=C(/C=C/c1cn(-c2ccccc2)nc1-c1cccs1)N1CCN(c2ccncc2)CC1. The molecule has 160 valence electrons. The van der Waals surface area contributed by atoms with Crippen LogP contribution in [-0.2, 0) is 4.79 Å². The lowest BCUT2D eigenvalue weighted by molar-refractivity contribution is -0.126. The molecule has 7 heteroatoms. The lowest BCUT2D eigenvalue weighted by Gasteiger charge is -2.35. The zero-order valence-corrected chi connectivity index (χ0v) is 18.4. The van der Waals surface area contributed by atoms with Crippen molar-refractivity contribution >= 4 is 29.0 Å². The van der Waals surface area contributed by atoms with E-state index in [0.717, 1.165) is 40.6 Å². The van der Waals surface area contributed by atoms with Gasteiger partial charge >= 0.3 is 0 Å². The average Bonchev–Trinajstić information content (AvgIpc) is 3.54. The zero-order chi connectivity index (χ0) is 21.8. The Balaban J connectivity index is 1.32. The predicted octanol–water partition coefficient (Wildman–Crippen LogP) is 4.36. The number of anilines is 1. The Morgan fingerprint density at radius 2 is 1.69 bits per heavy atom. The molecule has 1 aromatic carbocycles. The minimum Gasteiger partial charge on any atom is -0.368 e. The van der Waals surface area contributed by atoms with Crippen molar-refractivity contribution in [3.05, 3.63) is 90.2 Å². The third-order valence-corrected chi connectivity index (χ3v) is 6.42. The van der Waals surface area contributed by atoms with E-state index in [-0.39, 0.29) is 5.91 Å². The van der Waals surface area contributed by atoms with Crippen LogP contribution in [0.15, 0.2) is 84.6 Å². The summed E-state index contributed by atoms with van der Waals surface area (Å²) in [6, 6.07) is 18.1. The minimum atomic E-state index is 0.0315. The average molecular weight is 442 g/mol. The first-order valence-corrected chi connectivity index (χ1v) is 11.5. The number of carbonyl (C=O) groups excluding carboxylic acids is 1. The standard InChI is InChI=1S/C25H23N5OS/c31-24(29-16-14-28(15-17-29)21-10-12-26-13-11-21)9-8-20-19-30(22-5-2-1-3-6-22)27-25(20)23-7-4-18-32-23/h1-13,18-19H,14-17H2/b9-8+. The number of hydrogen-bond acceptors (Lipinski definition) is 5. The van der Waals surface area contributed by atoms with Gasteiger partial charge in [0.05, 0.1) is 10.6 Å². The van der Waals surface area contributed by atoms with E-state index in [2.05, 4.69) is 16.0 Å². The fourth-order valence-electron chi connectivity index (χ4n) is 3.83. The summed E-state index contributed by atoms with van der Waals surface area (Å²) in [7, 11) is 0. The van der Waals surface area contributed by atoms with Gasteiger partial charge in [0, 0.05) is 62.1 Å². The molecule has 5 rings (SSSR count). The lowest BCUT2D eigenvalue weighted by Crippen LogP contribution is -2.48. The molecule has 1 amide bonds. The molecule has 4 aromatic rings. The molecular formula is C25H23N5OS. The van der Waals surface area contributed by atoms with Gasteiger partial charge < -0.3 is 9.80 Å². The Labute approximate surface area is 191 Å². The fraction of sp³-hybridized carbons (Fsp3) is 0.160. The minimum absolute atomic E-state index is 0.0315. The highest BCUT2D eigenvalue weighted by molar-refractivity contribution is 7.13. The molecule has 0 unspecified atom stereocenters. The van der Waals surface area contributed by atoms with E-state index in [9.17, 15) is 4.79 Å². The van der Waals surface area contributed by atoms with Crippen LogP contribution < -0.4 is 4.90 Å². The first-order valence-electron chi connectivity index (χ1n) is 10.6. The largest absolute Gasteiger partial charge is 0.368 e. The number of amides is 1. The van der Waals surface area contributed by atoms with Crippen molar-refractivity contribution in [2.75, 3.05) is 31.1 Å². The molecule has 0 aliphatic carbocycles. The third-order valence-electron chi connectivity index (χ3n) is 5.54. The number of nitrogens with zero attached hydrogens (tertiary/aromatic N) is 5. The van der Waals surface area contributed by atoms with Gasteiger partial charge in [-0.05, 0) is 41.8 Å². The number of benzene rings is 1. The third kappa shape index (κ3) is 4.33. The number of carbonyl (C=O) groups is 1. The van der Waals surface area contributed by atoms with Crippen LogP contribution in [0.25, 0.3) is 22.3 Å². The first-order chi connectivity index (χ1) is 15.8. The van der Waals surface area contributed by atoms with Gasteiger partial charge in [0.25, 0.3) is 0 Å². The Kier molecular flexibility index (Phi) is 5.81. The topological polar surface area (TPSA) is 54.3 Å². The molecule has 0 spiro atoms. The molecule has 3 aromatic heterocycles. The highest BCUT2D eigenvalue weighted by Gasteiger charge is 2.20. The summed E-state index contributed by atoms with van der Waals surface area (Å²) in [5.74, 6) is 0.0315. The number of thiophene rings is 1. The van der Waals surface area contributed by atoms with Crippen LogP contribution in [-0.4, -0.2) is 51.8 Å². The van der Waals surface area contributed by atoms with Gasteiger partial charge in [0.1, 0.15) is 5.69 Å². The normalized spacial score (nSPS) is 14.2. The van der Waals surface area contributed by atoms with Crippen LogP contribution >= 0.6 is 11.3 Å². The molecule has 0 bridgehead atoms. The predicted molar refractivity (Wildman–Crippen MR) is 129 cm³/mol. The van der Waals surface area contributed by atoms with E-state index in [1.165, 1.54) is 0 Å². The second-order valence-corrected chi connectivity index (χ2v) is 8.49. The van der Waals surface area contributed by atoms with Crippen molar-refractivity contribution in [1.29, 1.82) is 0 Å². The molecule has 0 atom stereocenters. The van der Waals surface area contributed by atoms with Gasteiger partial charge in [-0.15, -0.1) is 11.3 Å². The summed E-state index contributed by atoms with van der Waals surface area (Å²) in [6.45, 7) is 3.03. The number of hydrogen-bond donors (Lipinski definition) is 0. The molecule has 6 nitrogen and oxygen atoms in total. The van der Waals surface area contributed by atoms with Crippen LogP contribution in [0.2, 0.25) is 0 Å². The summed E-state index contributed by atoms with van der Waals surface area (Å²) in [6.07, 6.45) is 9.15. The molecule has 4 heterocycles. The van der Waals surface area contributed by atoms with Crippen molar-refractivity contribution in [2.45, 2.75) is 0 Å². The molecule has 0 N–H and O–H groups in total. The first kappa shape index (κ1) is 20.2. The molecule has 1 saturated heterocycles. The molecule has 1 aliphatic rings. The quantitative estimate of drug-likeness (QED) is 0.432. The van der Waals surface area contributed by atoms with Gasteiger partial charge in [0.15, 0.2) is 0 Å². The highest BCUT2D eigenvalue weighted by Crippen LogP contribution is 2.28. The summed E-state index contributed by atoms with van der Waals surface area (Å²) >= 11 is 1.64. The van der Waals surface area contributed by atoms with Gasteiger partial charge in [-0.3, -0.25) is 9.78 Å². The molecule has 1 aliphatic heterocycles. The molecular weight excluding hydrogens is 418 g/mol. The number of aromatic nitrogens is 3. The van der Waals surface area contributed by atoms with Crippen LogP contribution in [0.1, 0.15) is 5.56 Å². The number of pyridine rings is 1. The Hall–Kier alpha value is -3.71. The van der Waals surface area contributed by atoms with Gasteiger partial charge in [0.2, 0.25) is 5.91 Å². The van der Waals surface area contributed by atoms with Crippen molar-refractivity contribution < 1.29 is 4.79 Å². The molecule has 0 saturated carbocycles. The van der Waals surface area contributed by atoms with E-state index in [1.807, 2.05) is 75.8 Å². The summed E-state index contributed by atoms with van der Waals surface area (Å²) in [5, 5.41) is 6.84. The molecule has 0 radical (unpaired) electrons. The summed E-state index contributed by atoms with van der Waals surface area (Å²) in [4.78, 5) is 22.2. The van der Waals surface area contributed by atoms with Crippen LogP contribution in [0.3, 0.4) is 0 Å². The van der Waals surface area contributed by atoms with Crippen molar-refractivity contribution in [3.8, 4) is 16.3 Å². The van der Waals surface area contributed by atoms with E-state index < -0.39 is 0 Å². The number of piperazine rings is 1. The Bertz CT molecular complexity index is 1190. The second-order valence-electron chi connectivity index (χ2n) is 7.54. The van der Waals surface area contributed by atoms with Crippen molar-refractivity contribution in [3.63, 3.8) is 0 Å². The summed E-state index contributed by atoms with van der Waals surface area (Å²) in [5.41, 5.74) is 3.95. The van der Waals surface area contributed by atoms with Crippen LogP contribution in [0, 0.1) is 0 Å². The maximum absolute atomic E-state index is 12.9. The summed E-state index contributed by atoms with van der Waals surface area (Å²) < 4.78 is 1.87. The maximum Gasteiger partial charge on any atom is 0.246 e. The second kappa shape index (κ2) is 9.20. The van der Waals surface area contributed by atoms with Gasteiger partial charge in [-0.1, -0.05) is 24.3 Å². The zero-order valence-electron chi connectivity index (χ0n) is 17.5. The van der Waals surface area contributed by atoms with E-state index >= 15 is 0 Å². The smallest absolute Gasteiger partial charge is 0.246 e. The van der Waals surface area contributed by atoms with E-state index in [1.54, 1.807) is 29.8 Å². The van der Waals surface area contributed by atoms with E-state index in [0.29, 0.717) is 13.1 Å². The highest BCUT2D eigenvalue weighted by atomic mass is 32.1. The lowest BCUT2D eigenvalue weighted by atomic mass is 10.2. The van der Waals surface area contributed by atoms with Crippen LogP contribution in [0.4, 0.5) is 5.69 Å². The molecule has 32 heavy (non-hydrogen) atoms. The number of para-hydroxylation sites is 1. The maximum atomic E-state index is 12.9. The van der Waals surface area contributed by atoms with Gasteiger partial charge in [-0.2, -0.15) is 5.10 Å². The molecule has 1 fully saturated rings. The van der Waals surface area contributed by atoms with Crippen molar-refractivity contribution in [2.24, 2.45) is 0 Å². The monoisotopic (exact) mass is 441 g/mol. The fourth-order valence-corrected chi connectivity index (χ4v) is 4.56. The number of rotatable bonds is 5. The van der Waals surface area contributed by atoms with Gasteiger partial charge in [-0.25, -0.2) is 4.68 Å². The Morgan fingerprint density at radius 1 is 0.906 bits per heavy atom. The van der Waals surface area contributed by atoms with E-state index in [4.69, 9.17) is 5.10 Å². The Morgan fingerprint density at radius 3 is 2.41 bits per heavy atom.